The van der Waals surface area contributed by atoms with Crippen LogP contribution in [0.4, 0.5) is 5.69 Å². The van der Waals surface area contributed by atoms with E-state index in [0.717, 1.165) is 27.7 Å². The minimum atomic E-state index is -0.220. The number of aromatic nitrogens is 1. The molecule has 1 saturated heterocycles. The number of hydrogen-bond donors (Lipinski definition) is 2. The van der Waals surface area contributed by atoms with Gasteiger partial charge < -0.3 is 20.1 Å². The number of carbonyl (C=O) groups excluding carboxylic acids is 3. The van der Waals surface area contributed by atoms with Gasteiger partial charge in [-0.2, -0.15) is 0 Å². The maximum Gasteiger partial charge on any atom is 0.270 e. The predicted molar refractivity (Wildman–Crippen MR) is 133 cm³/mol. The van der Waals surface area contributed by atoms with Gasteiger partial charge >= 0.3 is 0 Å². The van der Waals surface area contributed by atoms with E-state index in [-0.39, 0.29) is 30.8 Å². The molecule has 1 aliphatic rings. The maximum atomic E-state index is 12.9. The van der Waals surface area contributed by atoms with Crippen molar-refractivity contribution in [3.8, 4) is 0 Å². The van der Waals surface area contributed by atoms with Crippen LogP contribution in [0.5, 0.6) is 0 Å². The van der Waals surface area contributed by atoms with Crippen molar-refractivity contribution in [1.82, 2.24) is 19.7 Å². The standard InChI is InChI=1S/C26H31N5O3/c1-18-7-6-8-19(2)25(18)28-23(32)16-29(3)24(33)17-30-11-13-31(14-12-30)26(34)22-15-20-9-4-5-10-21(20)27-22/h4-10,15,27H,11-14,16-17H2,1-3H3,(H,28,32). The van der Waals surface area contributed by atoms with E-state index in [4.69, 9.17) is 0 Å². The monoisotopic (exact) mass is 461 g/mol. The van der Waals surface area contributed by atoms with Gasteiger partial charge in [0.05, 0.1) is 13.1 Å². The van der Waals surface area contributed by atoms with Gasteiger partial charge in [0.2, 0.25) is 11.8 Å². The minimum Gasteiger partial charge on any atom is -0.351 e. The molecule has 178 valence electrons. The molecule has 2 N–H and O–H groups in total. The van der Waals surface area contributed by atoms with Crippen molar-refractivity contribution in [2.45, 2.75) is 13.8 Å². The molecule has 0 unspecified atom stereocenters. The van der Waals surface area contributed by atoms with Crippen LogP contribution in [0.2, 0.25) is 0 Å². The summed E-state index contributed by atoms with van der Waals surface area (Å²) in [6.07, 6.45) is 0. The van der Waals surface area contributed by atoms with E-state index in [9.17, 15) is 14.4 Å². The Morgan fingerprint density at radius 1 is 0.971 bits per heavy atom. The lowest BCUT2D eigenvalue weighted by Gasteiger charge is -2.34. The van der Waals surface area contributed by atoms with E-state index >= 15 is 0 Å². The number of benzene rings is 2. The van der Waals surface area contributed by atoms with Gasteiger partial charge in [0, 0.05) is 49.8 Å². The molecular weight excluding hydrogens is 430 g/mol. The van der Waals surface area contributed by atoms with Gasteiger partial charge in [-0.3, -0.25) is 19.3 Å². The van der Waals surface area contributed by atoms with Crippen molar-refractivity contribution >= 4 is 34.3 Å². The highest BCUT2D eigenvalue weighted by atomic mass is 16.2. The van der Waals surface area contributed by atoms with Gasteiger partial charge in [0.1, 0.15) is 5.69 Å². The molecule has 0 atom stereocenters. The molecule has 0 bridgehead atoms. The van der Waals surface area contributed by atoms with Crippen LogP contribution in [-0.4, -0.2) is 83.7 Å². The van der Waals surface area contributed by atoms with Crippen LogP contribution in [-0.2, 0) is 9.59 Å². The van der Waals surface area contributed by atoms with Crippen molar-refractivity contribution in [2.24, 2.45) is 0 Å². The number of piperazine rings is 1. The van der Waals surface area contributed by atoms with E-state index in [2.05, 4.69) is 10.3 Å². The number of fused-ring (bicyclic) bond motifs is 1. The van der Waals surface area contributed by atoms with Crippen molar-refractivity contribution in [3.63, 3.8) is 0 Å². The van der Waals surface area contributed by atoms with Crippen molar-refractivity contribution in [1.29, 1.82) is 0 Å². The summed E-state index contributed by atoms with van der Waals surface area (Å²) in [5.41, 5.74) is 4.30. The van der Waals surface area contributed by atoms with Crippen LogP contribution in [0.25, 0.3) is 10.9 Å². The molecule has 2 aromatic carbocycles. The van der Waals surface area contributed by atoms with E-state index in [0.29, 0.717) is 31.9 Å². The molecule has 4 rings (SSSR count). The van der Waals surface area contributed by atoms with Crippen LogP contribution in [0.1, 0.15) is 21.6 Å². The summed E-state index contributed by atoms with van der Waals surface area (Å²) in [5, 5.41) is 3.93. The van der Waals surface area contributed by atoms with E-state index in [1.807, 2.05) is 72.2 Å². The molecular formula is C26H31N5O3. The second-order valence-corrected chi connectivity index (χ2v) is 8.90. The zero-order valence-corrected chi connectivity index (χ0v) is 19.9. The van der Waals surface area contributed by atoms with Gasteiger partial charge in [0.15, 0.2) is 0 Å². The van der Waals surface area contributed by atoms with Crippen LogP contribution >= 0.6 is 0 Å². The Labute approximate surface area is 199 Å². The molecule has 1 aromatic heterocycles. The highest BCUT2D eigenvalue weighted by Gasteiger charge is 2.25. The third kappa shape index (κ3) is 5.28. The fourth-order valence-corrected chi connectivity index (χ4v) is 4.27. The smallest absolute Gasteiger partial charge is 0.270 e. The lowest BCUT2D eigenvalue weighted by molar-refractivity contribution is -0.134. The molecule has 8 heteroatoms. The molecule has 3 aromatic rings. The van der Waals surface area contributed by atoms with E-state index in [1.165, 1.54) is 4.90 Å². The Morgan fingerprint density at radius 3 is 2.32 bits per heavy atom. The molecule has 1 aliphatic heterocycles. The fraction of sp³-hybridized carbons (Fsp3) is 0.346. The second-order valence-electron chi connectivity index (χ2n) is 8.90. The van der Waals surface area contributed by atoms with E-state index in [1.54, 1.807) is 7.05 Å². The SMILES string of the molecule is Cc1cccc(C)c1NC(=O)CN(C)C(=O)CN1CCN(C(=O)c2cc3ccccc3[nH]2)CC1. The summed E-state index contributed by atoms with van der Waals surface area (Å²) >= 11 is 0. The predicted octanol–water partition coefficient (Wildman–Crippen LogP) is 2.64. The van der Waals surface area contributed by atoms with Gasteiger partial charge in [-0.1, -0.05) is 36.4 Å². The number of aryl methyl sites for hydroxylation is 2. The lowest BCUT2D eigenvalue weighted by Crippen LogP contribution is -2.51. The van der Waals surface area contributed by atoms with Crippen LogP contribution < -0.4 is 5.32 Å². The summed E-state index contributed by atoms with van der Waals surface area (Å²) < 4.78 is 0. The molecule has 1 fully saturated rings. The number of likely N-dealkylation sites (N-methyl/N-ethyl adjacent to an activating group) is 1. The van der Waals surface area contributed by atoms with Crippen molar-refractivity contribution < 1.29 is 14.4 Å². The summed E-state index contributed by atoms with van der Waals surface area (Å²) in [4.78, 5) is 46.5. The number of hydrogen-bond acceptors (Lipinski definition) is 4. The number of para-hydroxylation sites is 2. The number of aromatic amines is 1. The summed E-state index contributed by atoms with van der Waals surface area (Å²) in [5.74, 6) is -0.364. The molecule has 0 aliphatic carbocycles. The molecule has 2 heterocycles. The highest BCUT2D eigenvalue weighted by Crippen LogP contribution is 2.19. The number of nitrogens with one attached hydrogen (secondary N) is 2. The minimum absolute atomic E-state index is 0.00849. The molecule has 3 amide bonds. The summed E-state index contributed by atoms with van der Waals surface area (Å²) in [6.45, 7) is 6.43. The molecule has 0 spiro atoms. The first-order valence-electron chi connectivity index (χ1n) is 11.5. The Bertz CT molecular complexity index is 1160. The number of nitrogens with zero attached hydrogens (tertiary/aromatic N) is 3. The molecule has 0 saturated carbocycles. The van der Waals surface area contributed by atoms with Crippen LogP contribution in [0.3, 0.4) is 0 Å². The zero-order chi connectivity index (χ0) is 24.2. The largest absolute Gasteiger partial charge is 0.351 e. The third-order valence-corrected chi connectivity index (χ3v) is 6.33. The number of rotatable bonds is 6. The number of amides is 3. The van der Waals surface area contributed by atoms with Crippen molar-refractivity contribution in [2.75, 3.05) is 51.6 Å². The second kappa shape index (κ2) is 10.1. The Morgan fingerprint density at radius 2 is 1.65 bits per heavy atom. The number of anilines is 1. The summed E-state index contributed by atoms with van der Waals surface area (Å²) in [6, 6.07) is 15.5. The average Bonchev–Trinajstić information content (AvgIpc) is 3.26. The average molecular weight is 462 g/mol. The van der Waals surface area contributed by atoms with Gasteiger partial charge in [-0.15, -0.1) is 0 Å². The highest BCUT2D eigenvalue weighted by molar-refractivity contribution is 5.98. The topological polar surface area (TPSA) is 88.8 Å². The fourth-order valence-electron chi connectivity index (χ4n) is 4.27. The molecule has 8 nitrogen and oxygen atoms in total. The number of carbonyl (C=O) groups is 3. The van der Waals surface area contributed by atoms with Gasteiger partial charge in [-0.25, -0.2) is 0 Å². The molecule has 0 radical (unpaired) electrons. The Balaban J connectivity index is 1.25. The van der Waals surface area contributed by atoms with Crippen LogP contribution in [0, 0.1) is 13.8 Å². The Kier molecular flexibility index (Phi) is 6.98. The zero-order valence-electron chi connectivity index (χ0n) is 19.9. The third-order valence-electron chi connectivity index (χ3n) is 6.33. The van der Waals surface area contributed by atoms with Crippen LogP contribution in [0.15, 0.2) is 48.5 Å². The normalized spacial score (nSPS) is 14.3. The first kappa shape index (κ1) is 23.5. The Hall–Kier alpha value is -3.65. The van der Waals surface area contributed by atoms with Crippen molar-refractivity contribution in [3.05, 3.63) is 65.4 Å². The van der Waals surface area contributed by atoms with E-state index < -0.39 is 0 Å². The quantitative estimate of drug-likeness (QED) is 0.591. The first-order valence-corrected chi connectivity index (χ1v) is 11.5. The summed E-state index contributed by atoms with van der Waals surface area (Å²) in [7, 11) is 1.64. The number of H-pyrrole nitrogens is 1. The molecule has 34 heavy (non-hydrogen) atoms. The lowest BCUT2D eigenvalue weighted by atomic mass is 10.1. The van der Waals surface area contributed by atoms with Gasteiger partial charge in [0.25, 0.3) is 5.91 Å². The maximum absolute atomic E-state index is 12.9. The van der Waals surface area contributed by atoms with Gasteiger partial charge in [-0.05, 0) is 37.1 Å². The first-order chi connectivity index (χ1) is 16.3.